The second-order valence-electron chi connectivity index (χ2n) is 11.8. The first-order chi connectivity index (χ1) is 17.5. The van der Waals surface area contributed by atoms with Gasteiger partial charge < -0.3 is 44.8 Å². The van der Waals surface area contributed by atoms with E-state index in [2.05, 4.69) is 0 Å². The summed E-state index contributed by atoms with van der Waals surface area (Å²) in [5.74, 6) is -5.03. The highest BCUT2D eigenvalue weighted by Crippen LogP contribution is 2.35. The summed E-state index contributed by atoms with van der Waals surface area (Å²) < 4.78 is 17.3. The van der Waals surface area contributed by atoms with E-state index in [1.54, 1.807) is 34.6 Å². The summed E-state index contributed by atoms with van der Waals surface area (Å²) in [5.41, 5.74) is -1.79. The molecule has 0 amide bonds. The summed E-state index contributed by atoms with van der Waals surface area (Å²) in [4.78, 5) is 26.5. The van der Waals surface area contributed by atoms with E-state index in [4.69, 9.17) is 14.2 Å². The van der Waals surface area contributed by atoms with E-state index in [1.165, 1.54) is 20.8 Å². The molecule has 2 aliphatic rings. The third-order valence-electron chi connectivity index (χ3n) is 8.58. The van der Waals surface area contributed by atoms with Gasteiger partial charge in [-0.15, -0.1) is 0 Å². The van der Waals surface area contributed by atoms with Gasteiger partial charge >= 0.3 is 5.97 Å². The molecule has 38 heavy (non-hydrogen) atoms. The molecule has 0 saturated carbocycles. The quantitative estimate of drug-likeness (QED) is 0.264. The highest BCUT2D eigenvalue weighted by atomic mass is 16.7. The lowest BCUT2D eigenvalue weighted by molar-refractivity contribution is -0.315. The van der Waals surface area contributed by atoms with Crippen molar-refractivity contribution in [3.8, 4) is 0 Å². The van der Waals surface area contributed by atoms with Gasteiger partial charge in [0, 0.05) is 23.7 Å². The number of hydrogen-bond acceptors (Lipinski definition) is 11. The number of hydrogen-bond donors (Lipinski definition) is 6. The maximum atomic E-state index is 13.3. The smallest absolute Gasteiger partial charge is 0.311 e. The molecule has 0 bridgehead atoms. The first-order valence-corrected chi connectivity index (χ1v) is 13.6. The Hall–Kier alpha value is -1.18. The Morgan fingerprint density at radius 1 is 0.868 bits per heavy atom. The number of aliphatic hydroxyl groups is 6. The molecule has 0 aromatic heterocycles. The van der Waals surface area contributed by atoms with Gasteiger partial charge in [-0.1, -0.05) is 34.6 Å². The molecule has 0 aliphatic carbocycles. The Labute approximate surface area is 225 Å². The second kappa shape index (κ2) is 13.0. The van der Waals surface area contributed by atoms with Crippen LogP contribution >= 0.6 is 0 Å². The van der Waals surface area contributed by atoms with Crippen LogP contribution in [0.2, 0.25) is 0 Å². The standard InChI is InChI=1S/C27H48O11/c1-9-17-12(3)19(29)13(4)18(28)11(2)10-27(8,35)24(33)14(5)23(15(6)25(34)37-17)38-26-22(32)21(31)20(30)16(7)36-26/h11-17,19-24,26,29-33,35H,9-10H2,1-8H3/t11-,12+,13+,14+,15-,16+,17-,19+,20+,21-,22-,23+,24-,26+,27-/m1/s1. The molecule has 2 aliphatic heterocycles. The van der Waals surface area contributed by atoms with Crippen LogP contribution in [0.25, 0.3) is 0 Å². The highest BCUT2D eigenvalue weighted by Gasteiger charge is 2.49. The molecule has 0 unspecified atom stereocenters. The zero-order chi connectivity index (χ0) is 29.3. The maximum Gasteiger partial charge on any atom is 0.311 e. The van der Waals surface area contributed by atoms with Gasteiger partial charge in [0.25, 0.3) is 0 Å². The van der Waals surface area contributed by atoms with Crippen molar-refractivity contribution < 1.29 is 54.4 Å². The fourth-order valence-corrected chi connectivity index (χ4v) is 5.81. The predicted molar refractivity (Wildman–Crippen MR) is 135 cm³/mol. The molecule has 0 radical (unpaired) electrons. The molecule has 2 fully saturated rings. The maximum absolute atomic E-state index is 13.3. The van der Waals surface area contributed by atoms with Gasteiger partial charge in [0.1, 0.15) is 30.2 Å². The van der Waals surface area contributed by atoms with Crippen molar-refractivity contribution in [2.24, 2.45) is 29.6 Å². The van der Waals surface area contributed by atoms with Gasteiger partial charge in [0.15, 0.2) is 6.29 Å². The molecule has 2 heterocycles. The molecular weight excluding hydrogens is 500 g/mol. The van der Waals surface area contributed by atoms with Gasteiger partial charge in [-0.3, -0.25) is 9.59 Å². The number of ether oxygens (including phenoxy) is 3. The third-order valence-corrected chi connectivity index (χ3v) is 8.58. The van der Waals surface area contributed by atoms with Crippen LogP contribution in [-0.2, 0) is 23.8 Å². The molecule has 222 valence electrons. The van der Waals surface area contributed by atoms with Gasteiger partial charge in [-0.05, 0) is 33.6 Å². The molecule has 0 aromatic rings. The van der Waals surface area contributed by atoms with Crippen molar-refractivity contribution in [2.45, 2.75) is 129 Å². The summed E-state index contributed by atoms with van der Waals surface area (Å²) in [6, 6.07) is 0. The van der Waals surface area contributed by atoms with Gasteiger partial charge in [0.2, 0.25) is 0 Å². The van der Waals surface area contributed by atoms with Crippen LogP contribution in [0.15, 0.2) is 0 Å². The van der Waals surface area contributed by atoms with E-state index in [0.29, 0.717) is 6.42 Å². The second-order valence-corrected chi connectivity index (χ2v) is 11.8. The first kappa shape index (κ1) is 33.0. The molecule has 11 heteroatoms. The van der Waals surface area contributed by atoms with Crippen LogP contribution in [0.1, 0.15) is 68.2 Å². The van der Waals surface area contributed by atoms with E-state index in [-0.39, 0.29) is 12.2 Å². The van der Waals surface area contributed by atoms with Crippen molar-refractivity contribution in [2.75, 3.05) is 0 Å². The Balaban J connectivity index is 2.50. The van der Waals surface area contributed by atoms with Crippen molar-refractivity contribution in [1.29, 1.82) is 0 Å². The molecule has 15 atom stereocenters. The molecule has 2 saturated heterocycles. The van der Waals surface area contributed by atoms with E-state index < -0.39 is 96.3 Å². The number of cyclic esters (lactones) is 1. The molecule has 0 aromatic carbocycles. The largest absolute Gasteiger partial charge is 0.462 e. The zero-order valence-corrected chi connectivity index (χ0v) is 23.7. The molecular formula is C27H48O11. The number of carbonyl (C=O) groups is 2. The Kier molecular flexibility index (Phi) is 11.3. The van der Waals surface area contributed by atoms with Crippen LogP contribution in [-0.4, -0.2) is 103 Å². The third kappa shape index (κ3) is 6.93. The average molecular weight is 549 g/mol. The van der Waals surface area contributed by atoms with E-state index in [1.807, 2.05) is 0 Å². The highest BCUT2D eigenvalue weighted by molar-refractivity contribution is 5.83. The lowest BCUT2D eigenvalue weighted by atomic mass is 9.75. The number of Topliss-reactive ketones (excluding diaryl/α,β-unsaturated/α-hetero) is 1. The van der Waals surface area contributed by atoms with Gasteiger partial charge in [-0.2, -0.15) is 0 Å². The lowest BCUT2D eigenvalue weighted by Crippen LogP contribution is -2.59. The minimum Gasteiger partial charge on any atom is -0.462 e. The molecule has 2 rings (SSSR count). The lowest BCUT2D eigenvalue weighted by Gasteiger charge is -2.44. The summed E-state index contributed by atoms with van der Waals surface area (Å²) in [7, 11) is 0. The number of aliphatic hydroxyl groups excluding tert-OH is 5. The van der Waals surface area contributed by atoms with E-state index in [0.717, 1.165) is 0 Å². The van der Waals surface area contributed by atoms with Crippen molar-refractivity contribution >= 4 is 11.8 Å². The predicted octanol–water partition coefficient (Wildman–Crippen LogP) is 0.147. The molecule has 0 spiro atoms. The van der Waals surface area contributed by atoms with Crippen molar-refractivity contribution in [3.63, 3.8) is 0 Å². The fourth-order valence-electron chi connectivity index (χ4n) is 5.81. The van der Waals surface area contributed by atoms with Crippen LogP contribution in [0.4, 0.5) is 0 Å². The van der Waals surface area contributed by atoms with Crippen LogP contribution < -0.4 is 0 Å². The Bertz CT molecular complexity index is 804. The zero-order valence-electron chi connectivity index (χ0n) is 23.7. The number of rotatable bonds is 3. The molecule has 11 nitrogen and oxygen atoms in total. The summed E-state index contributed by atoms with van der Waals surface area (Å²) in [5, 5.41) is 64.3. The number of carbonyl (C=O) groups excluding carboxylic acids is 2. The molecule has 6 N–H and O–H groups in total. The summed E-state index contributed by atoms with van der Waals surface area (Å²) in [6.45, 7) is 12.7. The topological polar surface area (TPSA) is 183 Å². The first-order valence-electron chi connectivity index (χ1n) is 13.6. The number of ketones is 1. The fraction of sp³-hybridized carbons (Fsp3) is 0.926. The average Bonchev–Trinajstić information content (AvgIpc) is 2.87. The summed E-state index contributed by atoms with van der Waals surface area (Å²) >= 11 is 0. The van der Waals surface area contributed by atoms with Crippen LogP contribution in [0.5, 0.6) is 0 Å². The monoisotopic (exact) mass is 548 g/mol. The van der Waals surface area contributed by atoms with Crippen LogP contribution in [0.3, 0.4) is 0 Å². The SMILES string of the molecule is CC[C@H]1OC(=O)[C@H](C)[C@@H](O[C@@H]2O[C@@H](C)[C@H](O)[C@@H](O)[C@H]2O)[C@H](C)[C@@H](O)[C@](C)(O)C[C@@H](C)C(=O)[C@H](C)[C@@H](O)[C@H]1C. The van der Waals surface area contributed by atoms with E-state index in [9.17, 15) is 40.2 Å². The Morgan fingerprint density at radius 2 is 1.45 bits per heavy atom. The van der Waals surface area contributed by atoms with E-state index >= 15 is 0 Å². The number of esters is 1. The van der Waals surface area contributed by atoms with Gasteiger partial charge in [-0.25, -0.2) is 0 Å². The van der Waals surface area contributed by atoms with Crippen molar-refractivity contribution in [1.82, 2.24) is 0 Å². The normalized spacial score (nSPS) is 50.3. The Morgan fingerprint density at radius 3 is 2.00 bits per heavy atom. The van der Waals surface area contributed by atoms with Gasteiger partial charge in [0.05, 0.1) is 35.9 Å². The van der Waals surface area contributed by atoms with Crippen LogP contribution in [0, 0.1) is 29.6 Å². The minimum absolute atomic E-state index is 0.115. The summed E-state index contributed by atoms with van der Waals surface area (Å²) in [6.07, 6.45) is -11.2. The minimum atomic E-state index is -1.79. The van der Waals surface area contributed by atoms with Crippen molar-refractivity contribution in [3.05, 3.63) is 0 Å².